The Morgan fingerprint density at radius 1 is 0.413 bits per heavy atom. The standard InChI is InChI=1S/C54H105NO8/c1-6-8-10-12-14-16-18-20-22-23-24-25-26-27-28-29-30-31-33-35-37-39-41-43-45-52(57)63-50(49-62-54(53(58)59)60-47-46-55(3,4)5)48-61-51(56)44-42-40-38-36-34-32-21-19-17-15-13-11-9-7-2/h50,54H,6-49H2,1-5H3/p+1. The Balaban J connectivity index is 4.19. The number of hydrogen-bond donors (Lipinski definition) is 1. The number of quaternary nitrogens is 1. The molecule has 9 nitrogen and oxygen atoms in total. The Kier molecular flexibility index (Phi) is 45.5. The minimum absolute atomic E-state index is 0.173. The Morgan fingerprint density at radius 3 is 1.02 bits per heavy atom. The van der Waals surface area contributed by atoms with Crippen molar-refractivity contribution in [3.8, 4) is 0 Å². The normalized spacial score (nSPS) is 12.7. The number of hydrogen-bond acceptors (Lipinski definition) is 7. The van der Waals surface area contributed by atoms with Gasteiger partial charge in [-0.05, 0) is 12.8 Å². The van der Waals surface area contributed by atoms with E-state index in [1.54, 1.807) is 0 Å². The topological polar surface area (TPSA) is 108 Å². The van der Waals surface area contributed by atoms with Crippen molar-refractivity contribution in [2.45, 2.75) is 283 Å². The Hall–Kier alpha value is -1.71. The maximum absolute atomic E-state index is 12.8. The van der Waals surface area contributed by atoms with Crippen LogP contribution in [0.4, 0.5) is 0 Å². The fraction of sp³-hybridized carbons (Fsp3) is 0.944. The van der Waals surface area contributed by atoms with Gasteiger partial charge in [-0.1, -0.05) is 245 Å². The summed E-state index contributed by atoms with van der Waals surface area (Å²) in [6.45, 7) is 4.93. The van der Waals surface area contributed by atoms with E-state index in [1.165, 1.54) is 205 Å². The molecule has 0 aromatic carbocycles. The average molecular weight is 897 g/mol. The maximum atomic E-state index is 12.8. The second-order valence-electron chi connectivity index (χ2n) is 19.9. The molecule has 0 radical (unpaired) electrons. The van der Waals surface area contributed by atoms with Crippen molar-refractivity contribution in [1.29, 1.82) is 0 Å². The number of esters is 2. The summed E-state index contributed by atoms with van der Waals surface area (Å²) in [7, 11) is 5.98. The van der Waals surface area contributed by atoms with E-state index < -0.39 is 18.4 Å². The number of likely N-dealkylation sites (N-methyl/N-ethyl adjacent to an activating group) is 1. The van der Waals surface area contributed by atoms with E-state index in [0.29, 0.717) is 17.4 Å². The summed E-state index contributed by atoms with van der Waals surface area (Å²) in [5.74, 6) is -1.98. The van der Waals surface area contributed by atoms with Crippen LogP contribution in [0.15, 0.2) is 0 Å². The van der Waals surface area contributed by atoms with E-state index in [9.17, 15) is 19.5 Å². The molecule has 0 aliphatic rings. The van der Waals surface area contributed by atoms with Gasteiger partial charge in [-0.2, -0.15) is 0 Å². The van der Waals surface area contributed by atoms with Crippen LogP contribution in [0.2, 0.25) is 0 Å². The molecule has 2 atom stereocenters. The molecule has 0 aliphatic carbocycles. The quantitative estimate of drug-likeness (QED) is 0.0278. The second-order valence-corrected chi connectivity index (χ2v) is 19.9. The van der Waals surface area contributed by atoms with Gasteiger partial charge in [0.05, 0.1) is 34.4 Å². The van der Waals surface area contributed by atoms with Gasteiger partial charge in [0.15, 0.2) is 6.10 Å². The van der Waals surface area contributed by atoms with Gasteiger partial charge in [0.1, 0.15) is 13.2 Å². The monoisotopic (exact) mass is 897 g/mol. The lowest BCUT2D eigenvalue weighted by molar-refractivity contribution is -0.870. The summed E-state index contributed by atoms with van der Waals surface area (Å²) < 4.78 is 22.8. The van der Waals surface area contributed by atoms with E-state index in [0.717, 1.165) is 38.5 Å². The highest BCUT2D eigenvalue weighted by Crippen LogP contribution is 2.17. The van der Waals surface area contributed by atoms with Crippen molar-refractivity contribution in [3.63, 3.8) is 0 Å². The summed E-state index contributed by atoms with van der Waals surface area (Å²) in [4.78, 5) is 37.3. The fourth-order valence-electron chi connectivity index (χ4n) is 8.13. The third kappa shape index (κ3) is 48.1. The SMILES string of the molecule is CCCCCCCCCCCCCCCCCCCCCCCCCCC(=O)OC(COC(=O)CCCCCCCCCCCCCCCC)COC(OCC[N+](C)(C)C)C(=O)O. The Morgan fingerprint density at radius 2 is 0.714 bits per heavy atom. The lowest BCUT2D eigenvalue weighted by Crippen LogP contribution is -2.40. The molecular weight excluding hydrogens is 791 g/mol. The molecular formula is C54H106NO8+. The molecule has 1 N–H and O–H groups in total. The third-order valence-electron chi connectivity index (χ3n) is 12.4. The van der Waals surface area contributed by atoms with Crippen LogP contribution in [0, 0.1) is 0 Å². The number of carboxylic acids is 1. The lowest BCUT2D eigenvalue weighted by atomic mass is 10.0. The van der Waals surface area contributed by atoms with Crippen LogP contribution in [0.5, 0.6) is 0 Å². The van der Waals surface area contributed by atoms with Crippen LogP contribution in [0.25, 0.3) is 0 Å². The molecule has 9 heteroatoms. The van der Waals surface area contributed by atoms with E-state index in [1.807, 2.05) is 21.1 Å². The first-order valence-electron chi connectivity index (χ1n) is 27.2. The van der Waals surface area contributed by atoms with Gasteiger partial charge in [0.2, 0.25) is 0 Å². The molecule has 0 fully saturated rings. The predicted octanol–water partition coefficient (Wildman–Crippen LogP) is 15.2. The van der Waals surface area contributed by atoms with Gasteiger partial charge >= 0.3 is 17.9 Å². The number of unbranched alkanes of at least 4 members (excludes halogenated alkanes) is 36. The molecule has 0 amide bonds. The highest BCUT2D eigenvalue weighted by atomic mass is 16.7. The van der Waals surface area contributed by atoms with Gasteiger partial charge in [0, 0.05) is 12.8 Å². The van der Waals surface area contributed by atoms with Crippen LogP contribution in [-0.2, 0) is 33.3 Å². The zero-order chi connectivity index (χ0) is 46.3. The van der Waals surface area contributed by atoms with Gasteiger partial charge in [-0.25, -0.2) is 4.79 Å². The lowest BCUT2D eigenvalue weighted by Gasteiger charge is -2.25. The number of carbonyl (C=O) groups excluding carboxylic acids is 2. The number of nitrogens with zero attached hydrogens (tertiary/aromatic N) is 1. The zero-order valence-corrected chi connectivity index (χ0v) is 42.5. The van der Waals surface area contributed by atoms with Crippen molar-refractivity contribution < 1.29 is 42.9 Å². The number of rotatable bonds is 51. The Bertz CT molecular complexity index is 1000. The first-order valence-corrected chi connectivity index (χ1v) is 27.2. The zero-order valence-electron chi connectivity index (χ0n) is 42.5. The highest BCUT2D eigenvalue weighted by Gasteiger charge is 2.25. The number of carboxylic acid groups (broad SMARTS) is 1. The average Bonchev–Trinajstić information content (AvgIpc) is 3.24. The van der Waals surface area contributed by atoms with Crippen molar-refractivity contribution in [2.75, 3.05) is 47.5 Å². The number of aliphatic carboxylic acids is 1. The summed E-state index contributed by atoms with van der Waals surface area (Å²) in [5, 5.41) is 9.67. The molecule has 0 saturated carbocycles. The van der Waals surface area contributed by atoms with Crippen LogP contribution in [0.3, 0.4) is 0 Å². The summed E-state index contributed by atoms with van der Waals surface area (Å²) in [6, 6.07) is 0. The molecule has 0 bridgehead atoms. The highest BCUT2D eigenvalue weighted by molar-refractivity contribution is 5.71. The second kappa shape index (κ2) is 46.8. The maximum Gasteiger partial charge on any atom is 0.361 e. The molecule has 374 valence electrons. The summed E-state index contributed by atoms with van der Waals surface area (Å²) in [5.41, 5.74) is 0. The molecule has 0 aromatic heterocycles. The number of ether oxygens (including phenoxy) is 4. The largest absolute Gasteiger partial charge is 0.477 e. The van der Waals surface area contributed by atoms with E-state index >= 15 is 0 Å². The minimum atomic E-state index is -1.50. The molecule has 2 unspecified atom stereocenters. The molecule has 0 aliphatic heterocycles. The minimum Gasteiger partial charge on any atom is -0.477 e. The van der Waals surface area contributed by atoms with E-state index in [-0.39, 0.29) is 38.2 Å². The first-order chi connectivity index (χ1) is 30.6. The molecule has 0 rings (SSSR count). The van der Waals surface area contributed by atoms with Gasteiger partial charge in [-0.3, -0.25) is 9.59 Å². The molecule has 0 spiro atoms. The molecule has 0 aromatic rings. The van der Waals surface area contributed by atoms with Gasteiger partial charge < -0.3 is 28.5 Å². The van der Waals surface area contributed by atoms with Gasteiger partial charge in [-0.15, -0.1) is 0 Å². The molecule has 63 heavy (non-hydrogen) atoms. The fourth-order valence-corrected chi connectivity index (χ4v) is 8.13. The van der Waals surface area contributed by atoms with Crippen LogP contribution < -0.4 is 0 Å². The molecule has 0 heterocycles. The predicted molar refractivity (Wildman–Crippen MR) is 263 cm³/mol. The van der Waals surface area contributed by atoms with Crippen molar-refractivity contribution in [3.05, 3.63) is 0 Å². The van der Waals surface area contributed by atoms with Gasteiger partial charge in [0.25, 0.3) is 6.29 Å². The van der Waals surface area contributed by atoms with Crippen LogP contribution in [-0.4, -0.2) is 87.4 Å². The van der Waals surface area contributed by atoms with E-state index in [4.69, 9.17) is 18.9 Å². The summed E-state index contributed by atoms with van der Waals surface area (Å²) in [6.07, 6.45) is 47.4. The van der Waals surface area contributed by atoms with Crippen molar-refractivity contribution in [1.82, 2.24) is 0 Å². The number of carbonyl (C=O) groups is 3. The third-order valence-corrected chi connectivity index (χ3v) is 12.4. The van der Waals surface area contributed by atoms with Crippen LogP contribution >= 0.6 is 0 Å². The van der Waals surface area contributed by atoms with Crippen molar-refractivity contribution in [2.24, 2.45) is 0 Å². The first kappa shape index (κ1) is 61.3. The van der Waals surface area contributed by atoms with Crippen molar-refractivity contribution >= 4 is 17.9 Å². The van der Waals surface area contributed by atoms with Crippen LogP contribution in [0.1, 0.15) is 271 Å². The molecule has 0 saturated heterocycles. The Labute approximate surface area is 390 Å². The van der Waals surface area contributed by atoms with E-state index in [2.05, 4.69) is 13.8 Å². The summed E-state index contributed by atoms with van der Waals surface area (Å²) >= 11 is 0. The smallest absolute Gasteiger partial charge is 0.361 e.